The van der Waals surface area contributed by atoms with Crippen molar-refractivity contribution in [2.75, 3.05) is 0 Å². The van der Waals surface area contributed by atoms with Crippen LogP contribution in [0.4, 0.5) is 8.78 Å². The van der Waals surface area contributed by atoms with Crippen LogP contribution in [-0.2, 0) is 0 Å². The van der Waals surface area contributed by atoms with E-state index in [-0.39, 0.29) is 0 Å². The summed E-state index contributed by atoms with van der Waals surface area (Å²) in [5.74, 6) is 1.65. The summed E-state index contributed by atoms with van der Waals surface area (Å²) < 4.78 is 27.4. The second-order valence-electron chi connectivity index (χ2n) is 6.52. The van der Waals surface area contributed by atoms with Crippen LogP contribution in [-0.4, -0.2) is 12.3 Å². The average Bonchev–Trinajstić information content (AvgIpc) is 2.51. The third kappa shape index (κ3) is 2.89. The molecular formula is C18H24F2. The first-order valence-corrected chi connectivity index (χ1v) is 8.11. The van der Waals surface area contributed by atoms with Crippen molar-refractivity contribution in [3.8, 4) is 0 Å². The van der Waals surface area contributed by atoms with Gasteiger partial charge in [-0.1, -0.05) is 50.3 Å². The van der Waals surface area contributed by atoms with Gasteiger partial charge in [0, 0.05) is 0 Å². The van der Waals surface area contributed by atoms with Gasteiger partial charge in [-0.2, -0.15) is 0 Å². The van der Waals surface area contributed by atoms with Crippen molar-refractivity contribution >= 4 is 0 Å². The van der Waals surface area contributed by atoms with Crippen molar-refractivity contribution < 1.29 is 8.78 Å². The van der Waals surface area contributed by atoms with E-state index in [2.05, 4.69) is 6.08 Å². The van der Waals surface area contributed by atoms with Crippen LogP contribution >= 0.6 is 0 Å². The van der Waals surface area contributed by atoms with Gasteiger partial charge in [-0.3, -0.25) is 0 Å². The summed E-state index contributed by atoms with van der Waals surface area (Å²) in [4.78, 5) is 0. The molecule has 3 atom stereocenters. The Morgan fingerprint density at radius 2 is 1.75 bits per heavy atom. The molecule has 2 heteroatoms. The molecule has 0 aromatic heterocycles. The minimum absolute atomic E-state index is 0.585. The molecule has 0 bridgehead atoms. The zero-order chi connectivity index (χ0) is 13.9. The van der Waals surface area contributed by atoms with Crippen LogP contribution in [0.2, 0.25) is 0 Å². The molecule has 1 fully saturated rings. The van der Waals surface area contributed by atoms with Crippen molar-refractivity contribution in [2.24, 2.45) is 11.8 Å². The zero-order valence-electron chi connectivity index (χ0n) is 12.0. The fourth-order valence-electron chi connectivity index (χ4n) is 4.06. The van der Waals surface area contributed by atoms with Crippen LogP contribution in [0, 0.1) is 11.8 Å². The van der Waals surface area contributed by atoms with E-state index < -0.39 is 12.3 Å². The normalized spacial score (nSPS) is 35.6. The molecule has 3 aliphatic carbocycles. The van der Waals surface area contributed by atoms with Crippen molar-refractivity contribution in [2.45, 2.75) is 63.7 Å². The molecule has 0 nitrogen and oxygen atoms in total. The monoisotopic (exact) mass is 278 g/mol. The van der Waals surface area contributed by atoms with Crippen molar-refractivity contribution in [1.82, 2.24) is 0 Å². The van der Waals surface area contributed by atoms with Gasteiger partial charge in [0.2, 0.25) is 0 Å². The summed E-state index contributed by atoms with van der Waals surface area (Å²) in [6, 6.07) is 0. The van der Waals surface area contributed by atoms with E-state index in [1.807, 2.05) is 0 Å². The molecule has 0 radical (unpaired) electrons. The van der Waals surface area contributed by atoms with Crippen LogP contribution in [0.1, 0.15) is 51.4 Å². The minimum Gasteiger partial charge on any atom is -0.239 e. The molecule has 1 saturated carbocycles. The second-order valence-corrected chi connectivity index (χ2v) is 6.52. The van der Waals surface area contributed by atoms with Crippen LogP contribution in [0.15, 0.2) is 35.5 Å². The fraction of sp³-hybridized carbons (Fsp3) is 0.667. The van der Waals surface area contributed by atoms with Crippen molar-refractivity contribution in [3.05, 3.63) is 35.5 Å². The van der Waals surface area contributed by atoms with Gasteiger partial charge in [0.25, 0.3) is 0 Å². The summed E-state index contributed by atoms with van der Waals surface area (Å²) in [5, 5.41) is 0. The third-order valence-corrected chi connectivity index (χ3v) is 5.29. The van der Waals surface area contributed by atoms with Gasteiger partial charge >= 0.3 is 0 Å². The summed E-state index contributed by atoms with van der Waals surface area (Å²) in [6.45, 7) is 0. The summed E-state index contributed by atoms with van der Waals surface area (Å²) in [6.07, 6.45) is 14.0. The lowest BCUT2D eigenvalue weighted by atomic mass is 9.73. The predicted molar refractivity (Wildman–Crippen MR) is 79.0 cm³/mol. The highest BCUT2D eigenvalue weighted by Crippen LogP contribution is 2.40. The third-order valence-electron chi connectivity index (χ3n) is 5.29. The van der Waals surface area contributed by atoms with E-state index in [1.54, 1.807) is 12.2 Å². The highest BCUT2D eigenvalue weighted by atomic mass is 19.2. The Morgan fingerprint density at radius 1 is 0.950 bits per heavy atom. The van der Waals surface area contributed by atoms with E-state index in [1.165, 1.54) is 38.2 Å². The lowest BCUT2D eigenvalue weighted by Gasteiger charge is -2.33. The number of hydrogen-bond acceptors (Lipinski definition) is 0. The molecule has 0 aromatic carbocycles. The zero-order valence-corrected chi connectivity index (χ0v) is 12.0. The molecule has 0 N–H and O–H groups in total. The highest BCUT2D eigenvalue weighted by molar-refractivity contribution is 5.41. The van der Waals surface area contributed by atoms with E-state index in [0.717, 1.165) is 36.7 Å². The Kier molecular flexibility index (Phi) is 4.38. The Balaban J connectivity index is 1.64. The van der Waals surface area contributed by atoms with Gasteiger partial charge in [0.05, 0.1) is 0 Å². The molecule has 0 saturated heterocycles. The molecule has 0 spiro atoms. The number of halogens is 2. The van der Waals surface area contributed by atoms with Gasteiger partial charge in [-0.15, -0.1) is 0 Å². The molecule has 0 amide bonds. The molecule has 0 heterocycles. The molecule has 0 aliphatic heterocycles. The molecule has 3 unspecified atom stereocenters. The summed E-state index contributed by atoms with van der Waals surface area (Å²) >= 11 is 0. The number of alkyl halides is 2. The Bertz CT molecular complexity index is 427. The van der Waals surface area contributed by atoms with Gasteiger partial charge in [-0.25, -0.2) is 8.78 Å². The van der Waals surface area contributed by atoms with Crippen molar-refractivity contribution in [3.63, 3.8) is 0 Å². The van der Waals surface area contributed by atoms with Crippen LogP contribution in [0.5, 0.6) is 0 Å². The Hall–Kier alpha value is -0.920. The SMILES string of the molecule is FC1C=CC=C(C2=CCC(C3CCCCC3)CC2)C1F. The molecular weight excluding hydrogens is 254 g/mol. The number of allylic oxidation sites excluding steroid dienone is 6. The second kappa shape index (κ2) is 6.24. The maximum Gasteiger partial charge on any atom is 0.160 e. The quantitative estimate of drug-likeness (QED) is 0.628. The van der Waals surface area contributed by atoms with Crippen LogP contribution in [0.3, 0.4) is 0 Å². The number of hydrogen-bond donors (Lipinski definition) is 0. The maximum atomic E-state index is 13.9. The number of rotatable bonds is 2. The van der Waals surface area contributed by atoms with Gasteiger partial charge in [-0.05, 0) is 48.3 Å². The van der Waals surface area contributed by atoms with Gasteiger partial charge in [0.1, 0.15) is 0 Å². The van der Waals surface area contributed by atoms with Gasteiger partial charge in [0.15, 0.2) is 12.3 Å². The first-order chi connectivity index (χ1) is 9.75. The van der Waals surface area contributed by atoms with E-state index >= 15 is 0 Å². The van der Waals surface area contributed by atoms with Crippen LogP contribution < -0.4 is 0 Å². The Labute approximate surface area is 120 Å². The molecule has 0 aromatic rings. The topological polar surface area (TPSA) is 0 Å². The first-order valence-electron chi connectivity index (χ1n) is 8.11. The average molecular weight is 278 g/mol. The predicted octanol–water partition coefficient (Wildman–Crippen LogP) is 5.47. The smallest absolute Gasteiger partial charge is 0.160 e. The molecule has 20 heavy (non-hydrogen) atoms. The standard InChI is InChI=1S/C18H24F2/c19-17-8-4-7-16(18(17)20)15-11-9-14(10-12-15)13-5-2-1-3-6-13/h4,7-8,11,13-14,17-18H,1-3,5-6,9-10,12H2. The fourth-order valence-corrected chi connectivity index (χ4v) is 4.06. The lowest BCUT2D eigenvalue weighted by molar-refractivity contribution is 0.223. The molecule has 3 aliphatic rings. The minimum atomic E-state index is -1.47. The molecule has 110 valence electrons. The Morgan fingerprint density at radius 3 is 2.45 bits per heavy atom. The lowest BCUT2D eigenvalue weighted by Crippen LogP contribution is -2.24. The largest absolute Gasteiger partial charge is 0.239 e. The van der Waals surface area contributed by atoms with E-state index in [4.69, 9.17) is 0 Å². The van der Waals surface area contributed by atoms with Crippen LogP contribution in [0.25, 0.3) is 0 Å². The highest BCUT2D eigenvalue weighted by Gasteiger charge is 2.30. The van der Waals surface area contributed by atoms with E-state index in [9.17, 15) is 8.78 Å². The first kappa shape index (κ1) is 14.0. The van der Waals surface area contributed by atoms with E-state index in [0.29, 0.717) is 5.57 Å². The van der Waals surface area contributed by atoms with Crippen molar-refractivity contribution in [1.29, 1.82) is 0 Å². The van der Waals surface area contributed by atoms with Gasteiger partial charge < -0.3 is 0 Å². The summed E-state index contributed by atoms with van der Waals surface area (Å²) in [5.41, 5.74) is 1.64. The summed E-state index contributed by atoms with van der Waals surface area (Å²) in [7, 11) is 0. The maximum absolute atomic E-state index is 13.9. The molecule has 3 rings (SSSR count).